The second kappa shape index (κ2) is 9.60. The Bertz CT molecular complexity index is 1150. The van der Waals surface area contributed by atoms with E-state index in [-0.39, 0.29) is 30.8 Å². The molecule has 2 atom stereocenters. The number of benzene rings is 1. The maximum Gasteiger partial charge on any atom is 0.417 e. The maximum absolute atomic E-state index is 13.4. The molecule has 0 saturated carbocycles. The van der Waals surface area contributed by atoms with E-state index in [1.807, 2.05) is 11.8 Å². The molecule has 0 aliphatic carbocycles. The van der Waals surface area contributed by atoms with Crippen LogP contribution in [0.2, 0.25) is 0 Å². The fourth-order valence-corrected chi connectivity index (χ4v) is 5.25. The molecule has 0 spiro atoms. The molecule has 0 bridgehead atoms. The normalized spacial score (nSPS) is 21.2. The molecule has 4 rings (SSSR count). The van der Waals surface area contributed by atoms with E-state index in [1.165, 1.54) is 12.1 Å². The Balaban J connectivity index is 1.42. The van der Waals surface area contributed by atoms with Crippen LogP contribution in [0, 0.1) is 36.0 Å². The van der Waals surface area contributed by atoms with Gasteiger partial charge in [0.25, 0.3) is 0 Å². The molecule has 2 saturated heterocycles. The van der Waals surface area contributed by atoms with Crippen molar-refractivity contribution in [2.75, 3.05) is 31.1 Å². The van der Waals surface area contributed by atoms with Crippen LogP contribution in [-0.2, 0) is 22.3 Å². The minimum atomic E-state index is -4.61. The number of rotatable bonds is 5. The summed E-state index contributed by atoms with van der Waals surface area (Å²) >= 11 is 0. The van der Waals surface area contributed by atoms with Crippen molar-refractivity contribution in [2.24, 2.45) is 23.5 Å². The molecule has 2 aliphatic rings. The standard InChI is InChI=1S/C24H27F3N6O2/c1-15-10-30-33(11-15)14-22(34)32-12-19(20(13-32)23(29)35)16-4-6-31(7-5-16)18-3-2-17(9-28)21(8-18)24(25,26)27/h2-3,8,10-11,16,19-20H,4-7,12-14H2,1H3,(H2,29,35)/t19-,20+/m0/s1. The molecule has 8 nitrogen and oxygen atoms in total. The van der Waals surface area contributed by atoms with Gasteiger partial charge < -0.3 is 15.5 Å². The quantitative estimate of drug-likeness (QED) is 0.696. The van der Waals surface area contributed by atoms with Crippen LogP contribution in [0.4, 0.5) is 18.9 Å². The van der Waals surface area contributed by atoms with Gasteiger partial charge in [-0.15, -0.1) is 0 Å². The lowest BCUT2D eigenvalue weighted by Gasteiger charge is -2.37. The van der Waals surface area contributed by atoms with Crippen molar-refractivity contribution < 1.29 is 22.8 Å². The SMILES string of the molecule is Cc1cnn(CC(=O)N2C[C@@H](C(N)=O)[C@H](C3CCN(c4ccc(C#N)c(C(F)(F)F)c4)CC3)C2)c1. The molecule has 11 heteroatoms. The van der Waals surface area contributed by atoms with Crippen molar-refractivity contribution in [3.05, 3.63) is 47.3 Å². The Morgan fingerprint density at radius 1 is 1.23 bits per heavy atom. The van der Waals surface area contributed by atoms with E-state index in [0.717, 1.165) is 11.6 Å². The van der Waals surface area contributed by atoms with Crippen LogP contribution in [0.15, 0.2) is 30.6 Å². The summed E-state index contributed by atoms with van der Waals surface area (Å²) in [6.07, 6.45) is 0.168. The molecular formula is C24H27F3N6O2. The van der Waals surface area contributed by atoms with Gasteiger partial charge in [0.2, 0.25) is 11.8 Å². The fraction of sp³-hybridized carbons (Fsp3) is 0.500. The third-order valence-electron chi connectivity index (χ3n) is 7.08. The van der Waals surface area contributed by atoms with Crippen molar-refractivity contribution in [1.82, 2.24) is 14.7 Å². The number of hydrogen-bond acceptors (Lipinski definition) is 5. The Morgan fingerprint density at radius 3 is 2.51 bits per heavy atom. The zero-order valence-corrected chi connectivity index (χ0v) is 19.3. The number of halogens is 3. The molecule has 186 valence electrons. The zero-order valence-electron chi connectivity index (χ0n) is 19.3. The third-order valence-corrected chi connectivity index (χ3v) is 7.08. The largest absolute Gasteiger partial charge is 0.417 e. The number of carbonyl (C=O) groups excluding carboxylic acids is 2. The first-order valence-corrected chi connectivity index (χ1v) is 11.5. The Hall–Kier alpha value is -3.55. The van der Waals surface area contributed by atoms with Crippen molar-refractivity contribution in [3.63, 3.8) is 0 Å². The van der Waals surface area contributed by atoms with Gasteiger partial charge >= 0.3 is 6.18 Å². The van der Waals surface area contributed by atoms with Gasteiger partial charge in [0.05, 0.1) is 29.3 Å². The van der Waals surface area contributed by atoms with E-state index < -0.39 is 29.1 Å². The Labute approximate surface area is 201 Å². The number of nitrogens with zero attached hydrogens (tertiary/aromatic N) is 5. The molecule has 1 aromatic heterocycles. The minimum Gasteiger partial charge on any atom is -0.372 e. The topological polar surface area (TPSA) is 108 Å². The van der Waals surface area contributed by atoms with Crippen LogP contribution in [0.3, 0.4) is 0 Å². The van der Waals surface area contributed by atoms with E-state index in [0.29, 0.717) is 38.2 Å². The number of piperidine rings is 1. The summed E-state index contributed by atoms with van der Waals surface area (Å²) < 4.78 is 41.6. The van der Waals surface area contributed by atoms with Gasteiger partial charge in [-0.25, -0.2) is 0 Å². The summed E-state index contributed by atoms with van der Waals surface area (Å²) in [6.45, 7) is 3.69. The highest BCUT2D eigenvalue weighted by Crippen LogP contribution is 2.38. The summed E-state index contributed by atoms with van der Waals surface area (Å²) in [5, 5.41) is 13.2. The number of amides is 2. The lowest BCUT2D eigenvalue weighted by Crippen LogP contribution is -2.40. The molecule has 2 aliphatic heterocycles. The van der Waals surface area contributed by atoms with Gasteiger partial charge in [0, 0.05) is 38.1 Å². The molecule has 2 aromatic rings. The number of hydrogen-bond donors (Lipinski definition) is 1. The monoisotopic (exact) mass is 488 g/mol. The van der Waals surface area contributed by atoms with Gasteiger partial charge in [0.15, 0.2) is 0 Å². The maximum atomic E-state index is 13.4. The predicted molar refractivity (Wildman–Crippen MR) is 121 cm³/mol. The number of aryl methyl sites for hydroxylation is 1. The highest BCUT2D eigenvalue weighted by Gasteiger charge is 2.43. The first-order chi connectivity index (χ1) is 16.6. The molecule has 3 heterocycles. The van der Waals surface area contributed by atoms with Crippen LogP contribution in [-0.4, -0.2) is 52.7 Å². The van der Waals surface area contributed by atoms with Crippen LogP contribution in [0.25, 0.3) is 0 Å². The number of nitriles is 1. The number of carbonyl (C=O) groups is 2. The summed E-state index contributed by atoms with van der Waals surface area (Å²) in [5.41, 5.74) is 5.70. The molecule has 0 radical (unpaired) electrons. The highest BCUT2D eigenvalue weighted by atomic mass is 19.4. The van der Waals surface area contributed by atoms with Crippen LogP contribution >= 0.6 is 0 Å². The lowest BCUT2D eigenvalue weighted by atomic mass is 9.78. The number of primary amides is 1. The van der Waals surface area contributed by atoms with Gasteiger partial charge in [-0.3, -0.25) is 14.3 Å². The first kappa shape index (κ1) is 24.6. The number of anilines is 1. The van der Waals surface area contributed by atoms with Crippen molar-refractivity contribution in [3.8, 4) is 6.07 Å². The third kappa shape index (κ3) is 5.26. The molecule has 2 amide bonds. The van der Waals surface area contributed by atoms with Crippen LogP contribution < -0.4 is 10.6 Å². The van der Waals surface area contributed by atoms with E-state index in [9.17, 15) is 22.8 Å². The molecule has 35 heavy (non-hydrogen) atoms. The number of aromatic nitrogens is 2. The van der Waals surface area contributed by atoms with Crippen LogP contribution in [0.5, 0.6) is 0 Å². The molecule has 2 fully saturated rings. The lowest BCUT2D eigenvalue weighted by molar-refractivity contribution is -0.137. The average molecular weight is 489 g/mol. The van der Waals surface area contributed by atoms with Gasteiger partial charge in [0.1, 0.15) is 6.54 Å². The van der Waals surface area contributed by atoms with Crippen molar-refractivity contribution >= 4 is 17.5 Å². The molecule has 2 N–H and O–H groups in total. The first-order valence-electron chi connectivity index (χ1n) is 11.5. The van der Waals surface area contributed by atoms with Crippen molar-refractivity contribution in [2.45, 2.75) is 32.5 Å². The highest BCUT2D eigenvalue weighted by molar-refractivity contribution is 5.81. The summed E-state index contributed by atoms with van der Waals surface area (Å²) in [6, 6.07) is 5.37. The summed E-state index contributed by atoms with van der Waals surface area (Å²) in [5.74, 6) is -0.999. The second-order valence-corrected chi connectivity index (χ2v) is 9.35. The number of likely N-dealkylation sites (tertiary alicyclic amines) is 1. The van der Waals surface area contributed by atoms with E-state index >= 15 is 0 Å². The smallest absolute Gasteiger partial charge is 0.372 e. The Morgan fingerprint density at radius 2 is 1.94 bits per heavy atom. The van der Waals surface area contributed by atoms with E-state index in [2.05, 4.69) is 5.10 Å². The minimum absolute atomic E-state index is 0.0880. The molecule has 1 aromatic carbocycles. The van der Waals surface area contributed by atoms with Gasteiger partial charge in [-0.2, -0.15) is 23.5 Å². The number of alkyl halides is 3. The molecule has 0 unspecified atom stereocenters. The van der Waals surface area contributed by atoms with E-state index in [1.54, 1.807) is 28.0 Å². The van der Waals surface area contributed by atoms with E-state index in [4.69, 9.17) is 11.0 Å². The van der Waals surface area contributed by atoms with Gasteiger partial charge in [-0.05, 0) is 55.4 Å². The number of nitrogens with two attached hydrogens (primary N) is 1. The summed E-state index contributed by atoms with van der Waals surface area (Å²) in [4.78, 5) is 28.5. The fourth-order valence-electron chi connectivity index (χ4n) is 5.25. The van der Waals surface area contributed by atoms with Crippen molar-refractivity contribution in [1.29, 1.82) is 5.26 Å². The summed E-state index contributed by atoms with van der Waals surface area (Å²) in [7, 11) is 0. The van der Waals surface area contributed by atoms with Gasteiger partial charge in [-0.1, -0.05) is 0 Å². The predicted octanol–water partition coefficient (Wildman–Crippen LogP) is 2.56. The Kier molecular flexibility index (Phi) is 6.74. The molecular weight excluding hydrogens is 461 g/mol. The van der Waals surface area contributed by atoms with Crippen LogP contribution in [0.1, 0.15) is 29.5 Å². The second-order valence-electron chi connectivity index (χ2n) is 9.35. The zero-order chi connectivity index (χ0) is 25.3. The average Bonchev–Trinajstić information content (AvgIpc) is 3.45.